The molecule has 30 heavy (non-hydrogen) atoms. The number of hydrogen-bond donors (Lipinski definition) is 0. The molecule has 3 aromatic carbocycles. The molecule has 0 saturated heterocycles. The minimum Gasteiger partial charge on any atom is -0.497 e. The summed E-state index contributed by atoms with van der Waals surface area (Å²) in [5, 5.41) is 9.58. The second kappa shape index (κ2) is 9.00. The van der Waals surface area contributed by atoms with Crippen molar-refractivity contribution >= 4 is 11.8 Å². The minimum absolute atomic E-state index is 0.248. The van der Waals surface area contributed by atoms with Crippen LogP contribution in [0.5, 0.6) is 11.5 Å². The molecule has 0 fully saturated rings. The molecule has 0 unspecified atom stereocenters. The smallest absolute Gasteiger partial charge is 0.196 e. The molecule has 0 N–H and O–H groups in total. The molecule has 0 spiro atoms. The fraction of sp³-hybridized carbons (Fsp3) is 0.130. The van der Waals surface area contributed by atoms with Gasteiger partial charge in [0.1, 0.15) is 17.3 Å². The molecule has 0 amide bonds. The lowest BCUT2D eigenvalue weighted by atomic mass is 10.2. The molecule has 0 bridgehead atoms. The first kappa shape index (κ1) is 20.0. The summed E-state index contributed by atoms with van der Waals surface area (Å²) < 4.78 is 26.3. The molecule has 0 saturated carbocycles. The Kier molecular flexibility index (Phi) is 5.99. The molecule has 0 atom stereocenters. The number of para-hydroxylation sites is 1. The highest BCUT2D eigenvalue weighted by molar-refractivity contribution is 7.98. The summed E-state index contributed by atoms with van der Waals surface area (Å²) in [5.74, 6) is 2.33. The van der Waals surface area contributed by atoms with Crippen LogP contribution in [0.2, 0.25) is 0 Å². The molecule has 152 valence electrons. The maximum atomic E-state index is 13.5. The lowest BCUT2D eigenvalue weighted by Gasteiger charge is -2.12. The topological polar surface area (TPSA) is 49.2 Å². The Morgan fingerprint density at radius 1 is 0.867 bits per heavy atom. The van der Waals surface area contributed by atoms with Crippen LogP contribution in [0.4, 0.5) is 4.39 Å². The van der Waals surface area contributed by atoms with Crippen molar-refractivity contribution in [2.24, 2.45) is 0 Å². The van der Waals surface area contributed by atoms with Crippen molar-refractivity contribution in [2.75, 3.05) is 14.2 Å². The van der Waals surface area contributed by atoms with Gasteiger partial charge in [-0.25, -0.2) is 4.39 Å². The van der Waals surface area contributed by atoms with Crippen molar-refractivity contribution in [3.63, 3.8) is 0 Å². The van der Waals surface area contributed by atoms with Crippen LogP contribution in [0.25, 0.3) is 17.1 Å². The number of hydrogen-bond acceptors (Lipinski definition) is 5. The van der Waals surface area contributed by atoms with E-state index in [9.17, 15) is 4.39 Å². The molecule has 4 rings (SSSR count). The molecule has 1 heterocycles. The third-order valence-electron chi connectivity index (χ3n) is 4.51. The van der Waals surface area contributed by atoms with E-state index >= 15 is 0 Å². The van der Waals surface area contributed by atoms with Crippen LogP contribution in [0.1, 0.15) is 5.56 Å². The molecule has 4 aromatic rings. The van der Waals surface area contributed by atoms with Crippen molar-refractivity contribution in [2.45, 2.75) is 10.9 Å². The molecule has 0 radical (unpaired) electrons. The maximum absolute atomic E-state index is 13.5. The summed E-state index contributed by atoms with van der Waals surface area (Å²) in [6.07, 6.45) is 0. The number of aromatic nitrogens is 3. The lowest BCUT2D eigenvalue weighted by Crippen LogP contribution is -2.00. The first-order chi connectivity index (χ1) is 14.7. The van der Waals surface area contributed by atoms with Crippen molar-refractivity contribution in [1.29, 1.82) is 0 Å². The van der Waals surface area contributed by atoms with Crippen LogP contribution in [0.15, 0.2) is 78.0 Å². The van der Waals surface area contributed by atoms with Crippen LogP contribution in [-0.4, -0.2) is 29.0 Å². The van der Waals surface area contributed by atoms with Crippen molar-refractivity contribution in [3.05, 3.63) is 84.2 Å². The molecule has 7 heteroatoms. The zero-order valence-corrected chi connectivity index (χ0v) is 17.4. The number of benzene rings is 3. The largest absolute Gasteiger partial charge is 0.497 e. The third-order valence-corrected chi connectivity index (χ3v) is 5.51. The van der Waals surface area contributed by atoms with E-state index in [0.29, 0.717) is 28.2 Å². The molecule has 0 aliphatic rings. The second-order valence-corrected chi connectivity index (χ2v) is 7.44. The number of ether oxygens (including phenoxy) is 2. The van der Waals surface area contributed by atoms with Gasteiger partial charge in [-0.2, -0.15) is 0 Å². The Hall–Kier alpha value is -3.32. The molecule has 0 aliphatic heterocycles. The Morgan fingerprint density at radius 3 is 2.27 bits per heavy atom. The van der Waals surface area contributed by atoms with E-state index < -0.39 is 0 Å². The standard InChI is InChI=1S/C23H20FN3O2S/c1-28-20-12-17(13-21(14-20)29-2)22-25-26-23(27(22)19-9-4-3-5-10-19)30-15-16-7-6-8-18(24)11-16/h3-14H,15H2,1-2H3. The average molecular weight is 421 g/mol. The van der Waals surface area contributed by atoms with Gasteiger partial charge in [0.25, 0.3) is 0 Å². The summed E-state index contributed by atoms with van der Waals surface area (Å²) in [7, 11) is 3.22. The van der Waals surface area contributed by atoms with Crippen molar-refractivity contribution in [3.8, 4) is 28.6 Å². The van der Waals surface area contributed by atoms with E-state index in [4.69, 9.17) is 9.47 Å². The van der Waals surface area contributed by atoms with Crippen LogP contribution in [0.3, 0.4) is 0 Å². The van der Waals surface area contributed by atoms with Crippen LogP contribution >= 0.6 is 11.8 Å². The zero-order chi connectivity index (χ0) is 20.9. The Balaban J connectivity index is 1.77. The van der Waals surface area contributed by atoms with Gasteiger partial charge in [-0.05, 0) is 42.0 Å². The fourth-order valence-electron chi connectivity index (χ4n) is 3.07. The van der Waals surface area contributed by atoms with Gasteiger partial charge in [-0.3, -0.25) is 4.57 Å². The lowest BCUT2D eigenvalue weighted by molar-refractivity contribution is 0.394. The van der Waals surface area contributed by atoms with Gasteiger partial charge in [0, 0.05) is 23.1 Å². The highest BCUT2D eigenvalue weighted by Crippen LogP contribution is 2.33. The van der Waals surface area contributed by atoms with E-state index in [1.54, 1.807) is 20.3 Å². The number of halogens is 1. The average Bonchev–Trinajstić information content (AvgIpc) is 3.22. The van der Waals surface area contributed by atoms with E-state index in [1.807, 2.05) is 59.2 Å². The predicted octanol–water partition coefficient (Wildman–Crippen LogP) is 5.38. The Labute approximate surface area is 178 Å². The summed E-state index contributed by atoms with van der Waals surface area (Å²) in [5.41, 5.74) is 2.63. The molecule has 1 aromatic heterocycles. The van der Waals surface area contributed by atoms with Gasteiger partial charge in [0.05, 0.1) is 14.2 Å². The Bertz CT molecular complexity index is 1130. The van der Waals surface area contributed by atoms with E-state index in [2.05, 4.69) is 10.2 Å². The van der Waals surface area contributed by atoms with Gasteiger partial charge < -0.3 is 9.47 Å². The second-order valence-electron chi connectivity index (χ2n) is 6.50. The van der Waals surface area contributed by atoms with Crippen LogP contribution in [0, 0.1) is 5.82 Å². The zero-order valence-electron chi connectivity index (χ0n) is 16.6. The molecular weight excluding hydrogens is 401 g/mol. The number of thioether (sulfide) groups is 1. The van der Waals surface area contributed by atoms with E-state index in [0.717, 1.165) is 16.8 Å². The van der Waals surface area contributed by atoms with Gasteiger partial charge in [0.15, 0.2) is 11.0 Å². The molecule has 5 nitrogen and oxygen atoms in total. The maximum Gasteiger partial charge on any atom is 0.196 e. The van der Waals surface area contributed by atoms with Crippen molar-refractivity contribution < 1.29 is 13.9 Å². The quantitative estimate of drug-likeness (QED) is 0.375. The highest BCUT2D eigenvalue weighted by atomic mass is 32.2. The normalized spacial score (nSPS) is 10.8. The van der Waals surface area contributed by atoms with E-state index in [1.165, 1.54) is 23.9 Å². The fourth-order valence-corrected chi connectivity index (χ4v) is 3.97. The minimum atomic E-state index is -0.248. The molecular formula is C23H20FN3O2S. The summed E-state index contributed by atoms with van der Waals surface area (Å²) in [6, 6.07) is 22.1. The summed E-state index contributed by atoms with van der Waals surface area (Å²) >= 11 is 1.50. The van der Waals surface area contributed by atoms with E-state index in [-0.39, 0.29) is 5.82 Å². The number of nitrogens with zero attached hydrogens (tertiary/aromatic N) is 3. The Morgan fingerprint density at radius 2 is 1.60 bits per heavy atom. The SMILES string of the molecule is COc1cc(OC)cc(-c2nnc(SCc3cccc(F)c3)n2-c2ccccc2)c1. The first-order valence-corrected chi connectivity index (χ1v) is 10.3. The third kappa shape index (κ3) is 4.31. The van der Waals surface area contributed by atoms with Crippen LogP contribution < -0.4 is 9.47 Å². The van der Waals surface area contributed by atoms with Gasteiger partial charge >= 0.3 is 0 Å². The summed E-state index contributed by atoms with van der Waals surface area (Å²) in [6.45, 7) is 0. The predicted molar refractivity (Wildman–Crippen MR) is 116 cm³/mol. The number of methoxy groups -OCH3 is 2. The van der Waals surface area contributed by atoms with Gasteiger partial charge in [-0.1, -0.05) is 42.1 Å². The van der Waals surface area contributed by atoms with Gasteiger partial charge in [-0.15, -0.1) is 10.2 Å². The van der Waals surface area contributed by atoms with Crippen molar-refractivity contribution in [1.82, 2.24) is 14.8 Å². The highest BCUT2D eigenvalue weighted by Gasteiger charge is 2.18. The molecule has 0 aliphatic carbocycles. The number of rotatable bonds is 7. The van der Waals surface area contributed by atoms with Crippen LogP contribution in [-0.2, 0) is 5.75 Å². The summed E-state index contributed by atoms with van der Waals surface area (Å²) in [4.78, 5) is 0. The van der Waals surface area contributed by atoms with Gasteiger partial charge in [0.2, 0.25) is 0 Å². The monoisotopic (exact) mass is 421 g/mol. The first-order valence-electron chi connectivity index (χ1n) is 9.29.